The van der Waals surface area contributed by atoms with Crippen LogP contribution < -0.4 is 10.1 Å². The summed E-state index contributed by atoms with van der Waals surface area (Å²) >= 11 is 0. The minimum atomic E-state index is -0.384. The highest BCUT2D eigenvalue weighted by atomic mass is 19.1. The monoisotopic (exact) mass is 442 g/mol. The summed E-state index contributed by atoms with van der Waals surface area (Å²) in [5, 5.41) is 6.84. The van der Waals surface area contributed by atoms with E-state index in [9.17, 15) is 9.18 Å². The molecule has 0 aliphatic rings. The molecule has 1 N–H and O–H groups in total. The Labute approximate surface area is 188 Å². The van der Waals surface area contributed by atoms with E-state index in [4.69, 9.17) is 9.26 Å². The fourth-order valence-corrected chi connectivity index (χ4v) is 3.52. The van der Waals surface area contributed by atoms with Crippen LogP contribution in [0.15, 0.2) is 83.6 Å². The number of carbonyl (C=O) groups is 1. The van der Waals surface area contributed by atoms with Crippen LogP contribution in [0.2, 0.25) is 0 Å². The summed E-state index contributed by atoms with van der Waals surface area (Å²) in [4.78, 5) is 17.5. The number of rotatable bonds is 6. The molecule has 0 aliphatic carbocycles. The van der Waals surface area contributed by atoms with Crippen molar-refractivity contribution in [2.24, 2.45) is 0 Å². The van der Waals surface area contributed by atoms with E-state index in [1.54, 1.807) is 43.3 Å². The second kappa shape index (κ2) is 8.58. The maximum Gasteiger partial charge on any atom is 0.261 e. The van der Waals surface area contributed by atoms with Crippen molar-refractivity contribution in [1.82, 2.24) is 14.5 Å². The fourth-order valence-electron chi connectivity index (χ4n) is 3.52. The molecule has 33 heavy (non-hydrogen) atoms. The molecular formula is C25H19FN4O3. The maximum atomic E-state index is 13.3. The van der Waals surface area contributed by atoms with Gasteiger partial charge in [-0.25, -0.2) is 9.37 Å². The first-order valence-corrected chi connectivity index (χ1v) is 10.3. The Kier molecular flexibility index (Phi) is 5.32. The van der Waals surface area contributed by atoms with E-state index >= 15 is 0 Å². The summed E-state index contributed by atoms with van der Waals surface area (Å²) in [5.41, 5.74) is 3.42. The maximum absolute atomic E-state index is 13.3. The minimum absolute atomic E-state index is 0.289. The van der Waals surface area contributed by atoms with Crippen LogP contribution in [0.1, 0.15) is 21.8 Å². The van der Waals surface area contributed by atoms with Gasteiger partial charge in [-0.3, -0.25) is 4.79 Å². The summed E-state index contributed by atoms with van der Waals surface area (Å²) in [6.45, 7) is 1.95. The Morgan fingerprint density at radius 3 is 2.79 bits per heavy atom. The lowest BCUT2D eigenvalue weighted by Crippen LogP contribution is -2.13. The standard InChI is InChI=1S/C25H19FN4O3/c1-16-23(24(29-33-16)17-8-10-18(26)11-9-17)25(31)28-19-5-4-6-21(13-19)32-15-20-14-30-12-3-2-7-22(30)27-20/h2-14H,15H2,1H3,(H,28,31). The normalized spacial score (nSPS) is 11.0. The predicted octanol–water partition coefficient (Wildman–Crippen LogP) is 5.27. The van der Waals surface area contributed by atoms with Crippen molar-refractivity contribution in [3.05, 3.63) is 102 Å². The number of hydrogen-bond acceptors (Lipinski definition) is 5. The molecule has 5 rings (SSSR count). The number of pyridine rings is 1. The van der Waals surface area contributed by atoms with Crippen molar-refractivity contribution < 1.29 is 18.4 Å². The van der Waals surface area contributed by atoms with Gasteiger partial charge in [0.1, 0.15) is 40.8 Å². The van der Waals surface area contributed by atoms with E-state index in [1.807, 2.05) is 35.0 Å². The van der Waals surface area contributed by atoms with Crippen molar-refractivity contribution in [1.29, 1.82) is 0 Å². The fraction of sp³-hybridized carbons (Fsp3) is 0.0800. The second-order valence-electron chi connectivity index (χ2n) is 7.44. The number of carbonyl (C=O) groups excluding carboxylic acids is 1. The summed E-state index contributed by atoms with van der Waals surface area (Å²) in [6, 6.07) is 18.6. The molecule has 0 radical (unpaired) electrons. The van der Waals surface area contributed by atoms with Crippen LogP contribution in [0.3, 0.4) is 0 Å². The first-order chi connectivity index (χ1) is 16.1. The van der Waals surface area contributed by atoms with E-state index in [-0.39, 0.29) is 17.3 Å². The summed E-state index contributed by atoms with van der Waals surface area (Å²) in [6.07, 6.45) is 3.83. The predicted molar refractivity (Wildman–Crippen MR) is 121 cm³/mol. The van der Waals surface area contributed by atoms with Crippen molar-refractivity contribution in [2.45, 2.75) is 13.5 Å². The summed E-state index contributed by atoms with van der Waals surface area (Å²) < 4.78 is 26.3. The second-order valence-corrected chi connectivity index (χ2v) is 7.44. The number of fused-ring (bicyclic) bond motifs is 1. The smallest absolute Gasteiger partial charge is 0.261 e. The molecule has 0 bridgehead atoms. The Morgan fingerprint density at radius 2 is 1.97 bits per heavy atom. The number of anilines is 1. The van der Waals surface area contributed by atoms with E-state index in [2.05, 4.69) is 15.5 Å². The van der Waals surface area contributed by atoms with Gasteiger partial charge in [0.15, 0.2) is 0 Å². The third-order valence-corrected chi connectivity index (χ3v) is 5.10. The van der Waals surface area contributed by atoms with Gasteiger partial charge in [-0.1, -0.05) is 17.3 Å². The first-order valence-electron chi connectivity index (χ1n) is 10.3. The van der Waals surface area contributed by atoms with Crippen LogP contribution in [-0.4, -0.2) is 20.4 Å². The number of ether oxygens (including phenoxy) is 1. The van der Waals surface area contributed by atoms with Crippen molar-refractivity contribution >= 4 is 17.2 Å². The van der Waals surface area contributed by atoms with Crippen LogP contribution in [0, 0.1) is 12.7 Å². The molecule has 0 spiro atoms. The number of nitrogens with one attached hydrogen (secondary N) is 1. The molecule has 5 aromatic rings. The van der Waals surface area contributed by atoms with Gasteiger partial charge in [0.25, 0.3) is 5.91 Å². The van der Waals surface area contributed by atoms with Crippen LogP contribution in [0.5, 0.6) is 5.75 Å². The number of hydrogen-bond donors (Lipinski definition) is 1. The Balaban J connectivity index is 1.31. The number of nitrogens with zero attached hydrogens (tertiary/aromatic N) is 3. The molecule has 0 saturated heterocycles. The molecule has 2 aromatic carbocycles. The van der Waals surface area contributed by atoms with Gasteiger partial charge in [-0.05, 0) is 55.5 Å². The number of aryl methyl sites for hydroxylation is 1. The highest BCUT2D eigenvalue weighted by Gasteiger charge is 2.22. The third-order valence-electron chi connectivity index (χ3n) is 5.10. The Bertz CT molecular complexity index is 1410. The molecule has 0 fully saturated rings. The lowest BCUT2D eigenvalue weighted by Gasteiger charge is -2.09. The van der Waals surface area contributed by atoms with Crippen LogP contribution in [0.4, 0.5) is 10.1 Å². The van der Waals surface area contributed by atoms with Gasteiger partial charge >= 0.3 is 0 Å². The molecule has 164 valence electrons. The molecule has 8 heteroatoms. The molecule has 0 aliphatic heterocycles. The SMILES string of the molecule is Cc1onc(-c2ccc(F)cc2)c1C(=O)Nc1cccc(OCc2cn3ccccc3n2)c1. The van der Waals surface area contributed by atoms with Gasteiger partial charge in [0, 0.05) is 29.7 Å². The molecule has 3 aromatic heterocycles. The van der Waals surface area contributed by atoms with Gasteiger partial charge in [0.05, 0.1) is 5.69 Å². The zero-order valence-electron chi connectivity index (χ0n) is 17.7. The molecule has 0 unspecified atom stereocenters. The van der Waals surface area contributed by atoms with E-state index in [1.165, 1.54) is 12.1 Å². The van der Waals surface area contributed by atoms with E-state index in [0.29, 0.717) is 35.1 Å². The molecule has 0 saturated carbocycles. The Morgan fingerprint density at radius 1 is 1.12 bits per heavy atom. The quantitative estimate of drug-likeness (QED) is 0.388. The number of halogens is 1. The Hall–Kier alpha value is -4.46. The number of amides is 1. The lowest BCUT2D eigenvalue weighted by molar-refractivity contribution is 0.102. The van der Waals surface area contributed by atoms with Gasteiger partial charge in [-0.2, -0.15) is 0 Å². The third kappa shape index (κ3) is 4.31. The number of aromatic nitrogens is 3. The van der Waals surface area contributed by atoms with Crippen molar-refractivity contribution in [3.63, 3.8) is 0 Å². The molecule has 7 nitrogen and oxygen atoms in total. The number of benzene rings is 2. The molecular weight excluding hydrogens is 423 g/mol. The summed E-state index contributed by atoms with van der Waals surface area (Å²) in [7, 11) is 0. The van der Waals surface area contributed by atoms with E-state index in [0.717, 1.165) is 11.3 Å². The average Bonchev–Trinajstić information content (AvgIpc) is 3.41. The van der Waals surface area contributed by atoms with Crippen molar-refractivity contribution in [3.8, 4) is 17.0 Å². The molecule has 3 heterocycles. The van der Waals surface area contributed by atoms with E-state index < -0.39 is 0 Å². The van der Waals surface area contributed by atoms with Crippen LogP contribution in [-0.2, 0) is 6.61 Å². The largest absolute Gasteiger partial charge is 0.487 e. The number of imidazole rings is 1. The van der Waals surface area contributed by atoms with Crippen molar-refractivity contribution in [2.75, 3.05) is 5.32 Å². The average molecular weight is 442 g/mol. The highest BCUT2D eigenvalue weighted by molar-refractivity contribution is 6.08. The van der Waals surface area contributed by atoms with Gasteiger partial charge in [0.2, 0.25) is 0 Å². The van der Waals surface area contributed by atoms with Crippen LogP contribution >= 0.6 is 0 Å². The first kappa shape index (κ1) is 20.4. The zero-order chi connectivity index (χ0) is 22.8. The van der Waals surface area contributed by atoms with Gasteiger partial charge in [-0.15, -0.1) is 0 Å². The van der Waals surface area contributed by atoms with Gasteiger partial charge < -0.3 is 19.0 Å². The minimum Gasteiger partial charge on any atom is -0.487 e. The zero-order valence-corrected chi connectivity index (χ0v) is 17.7. The lowest BCUT2D eigenvalue weighted by atomic mass is 10.1. The topological polar surface area (TPSA) is 81.7 Å². The van der Waals surface area contributed by atoms with Crippen LogP contribution in [0.25, 0.3) is 16.9 Å². The summed E-state index contributed by atoms with van der Waals surface area (Å²) in [5.74, 6) is 0.202. The molecule has 0 atom stereocenters. The molecule has 1 amide bonds. The highest BCUT2D eigenvalue weighted by Crippen LogP contribution is 2.27.